The number of hydrogen-bond donors (Lipinski definition) is 3. The minimum atomic E-state index is -0.666. The Bertz CT molecular complexity index is 581. The molecule has 0 bridgehead atoms. The zero-order valence-corrected chi connectivity index (χ0v) is 12.4. The molecule has 0 radical (unpaired) electrons. The maximum atomic E-state index is 11.8. The van der Waals surface area contributed by atoms with Crippen LogP contribution in [0.25, 0.3) is 0 Å². The first kappa shape index (κ1) is 17.2. The van der Waals surface area contributed by atoms with E-state index in [-0.39, 0.29) is 19.0 Å². The fourth-order valence-corrected chi connectivity index (χ4v) is 1.53. The van der Waals surface area contributed by atoms with E-state index >= 15 is 0 Å². The van der Waals surface area contributed by atoms with Crippen LogP contribution < -0.4 is 16.4 Å². The van der Waals surface area contributed by atoms with E-state index in [0.717, 1.165) is 0 Å². The third-order valence-corrected chi connectivity index (χ3v) is 2.67. The van der Waals surface area contributed by atoms with Crippen LogP contribution in [0.1, 0.15) is 20.7 Å². The van der Waals surface area contributed by atoms with Crippen LogP contribution in [-0.4, -0.2) is 55.7 Å². The predicted molar refractivity (Wildman–Crippen MR) is 79.0 cm³/mol. The summed E-state index contributed by atoms with van der Waals surface area (Å²) in [5, 5.41) is 4.64. The third-order valence-electron chi connectivity index (χ3n) is 2.67. The molecule has 4 N–H and O–H groups in total. The Morgan fingerprint density at radius 2 is 1.50 bits per heavy atom. The summed E-state index contributed by atoms with van der Waals surface area (Å²) in [7, 11) is 3.27. The minimum absolute atomic E-state index is 0.169. The maximum absolute atomic E-state index is 11.8. The number of carbonyl (C=O) groups is 4. The number of carbonyl (C=O) groups excluding carboxylic acids is 4. The number of rotatable bonds is 6. The van der Waals surface area contributed by atoms with Crippen molar-refractivity contribution in [3.8, 4) is 0 Å². The zero-order valence-electron chi connectivity index (χ0n) is 12.4. The molecule has 1 aromatic rings. The lowest BCUT2D eigenvalue weighted by Gasteiger charge is -2.10. The molecule has 0 aromatic heterocycles. The van der Waals surface area contributed by atoms with Gasteiger partial charge in [-0.1, -0.05) is 0 Å². The SMILES string of the molecule is CN(C)C(=O)c1ccc(C(=O)NCC(=O)NCC(N)=O)cc1. The van der Waals surface area contributed by atoms with Gasteiger partial charge in [0.2, 0.25) is 11.8 Å². The summed E-state index contributed by atoms with van der Waals surface area (Å²) in [6, 6.07) is 6.05. The maximum Gasteiger partial charge on any atom is 0.253 e. The number of primary amides is 1. The van der Waals surface area contributed by atoms with Gasteiger partial charge < -0.3 is 21.3 Å². The van der Waals surface area contributed by atoms with E-state index in [1.165, 1.54) is 29.2 Å². The van der Waals surface area contributed by atoms with Crippen molar-refractivity contribution < 1.29 is 19.2 Å². The van der Waals surface area contributed by atoms with E-state index in [2.05, 4.69) is 10.6 Å². The molecular formula is C14H18N4O4. The first-order chi connectivity index (χ1) is 10.3. The molecule has 0 aliphatic carbocycles. The second kappa shape index (κ2) is 7.77. The van der Waals surface area contributed by atoms with E-state index in [1.54, 1.807) is 14.1 Å². The topological polar surface area (TPSA) is 122 Å². The van der Waals surface area contributed by atoms with Gasteiger partial charge in [-0.2, -0.15) is 0 Å². The number of amides is 4. The zero-order chi connectivity index (χ0) is 16.7. The molecule has 22 heavy (non-hydrogen) atoms. The van der Waals surface area contributed by atoms with E-state index in [9.17, 15) is 19.2 Å². The van der Waals surface area contributed by atoms with Gasteiger partial charge in [0.15, 0.2) is 0 Å². The number of benzene rings is 1. The van der Waals surface area contributed by atoms with Crippen LogP contribution in [0.4, 0.5) is 0 Å². The van der Waals surface area contributed by atoms with Gasteiger partial charge in [-0.15, -0.1) is 0 Å². The lowest BCUT2D eigenvalue weighted by atomic mass is 10.1. The van der Waals surface area contributed by atoms with Gasteiger partial charge in [0, 0.05) is 25.2 Å². The van der Waals surface area contributed by atoms with Crippen LogP contribution in [0, 0.1) is 0 Å². The Labute approximate surface area is 127 Å². The summed E-state index contributed by atoms with van der Waals surface area (Å²) in [5.41, 5.74) is 5.65. The molecule has 1 aromatic carbocycles. The number of hydrogen-bond acceptors (Lipinski definition) is 4. The Kier molecular flexibility index (Phi) is 6.06. The van der Waals surface area contributed by atoms with Crippen molar-refractivity contribution in [2.24, 2.45) is 5.73 Å². The molecule has 0 heterocycles. The van der Waals surface area contributed by atoms with Crippen LogP contribution in [0.3, 0.4) is 0 Å². The standard InChI is InChI=1S/C14H18N4O4/c1-18(2)14(22)10-5-3-9(4-6-10)13(21)17-8-12(20)16-7-11(15)19/h3-6H,7-8H2,1-2H3,(H2,15,19)(H,16,20)(H,17,21). The molecule has 4 amide bonds. The fraction of sp³-hybridized carbons (Fsp3) is 0.286. The van der Waals surface area contributed by atoms with Crippen molar-refractivity contribution in [1.82, 2.24) is 15.5 Å². The summed E-state index contributed by atoms with van der Waals surface area (Å²) in [6.07, 6.45) is 0. The smallest absolute Gasteiger partial charge is 0.253 e. The average Bonchev–Trinajstić information content (AvgIpc) is 2.49. The quantitative estimate of drug-likeness (QED) is 0.606. The lowest BCUT2D eigenvalue weighted by molar-refractivity contribution is -0.124. The number of nitrogens with zero attached hydrogens (tertiary/aromatic N) is 1. The fourth-order valence-electron chi connectivity index (χ4n) is 1.53. The summed E-state index contributed by atoms with van der Waals surface area (Å²) in [4.78, 5) is 46.8. The van der Waals surface area contributed by atoms with Gasteiger partial charge in [-0.25, -0.2) is 0 Å². The van der Waals surface area contributed by atoms with Crippen LogP contribution in [0.15, 0.2) is 24.3 Å². The van der Waals surface area contributed by atoms with Crippen molar-refractivity contribution in [2.45, 2.75) is 0 Å². The minimum Gasteiger partial charge on any atom is -0.368 e. The Morgan fingerprint density at radius 1 is 0.955 bits per heavy atom. The Morgan fingerprint density at radius 3 is 2.00 bits per heavy atom. The molecule has 0 aliphatic heterocycles. The predicted octanol–water partition coefficient (Wildman–Crippen LogP) is -1.28. The molecule has 0 saturated carbocycles. The Hall–Kier alpha value is -2.90. The highest BCUT2D eigenvalue weighted by atomic mass is 16.2. The highest BCUT2D eigenvalue weighted by molar-refractivity contribution is 5.99. The molecule has 8 nitrogen and oxygen atoms in total. The van der Waals surface area contributed by atoms with Crippen molar-refractivity contribution in [3.05, 3.63) is 35.4 Å². The second-order valence-electron chi connectivity index (χ2n) is 4.70. The van der Waals surface area contributed by atoms with Gasteiger partial charge in [0.25, 0.3) is 11.8 Å². The molecule has 0 fully saturated rings. The van der Waals surface area contributed by atoms with Crippen molar-refractivity contribution in [3.63, 3.8) is 0 Å². The second-order valence-corrected chi connectivity index (χ2v) is 4.70. The van der Waals surface area contributed by atoms with Crippen LogP contribution in [-0.2, 0) is 9.59 Å². The highest BCUT2D eigenvalue weighted by Gasteiger charge is 2.11. The summed E-state index contributed by atoms with van der Waals surface area (Å²) < 4.78 is 0. The lowest BCUT2D eigenvalue weighted by Crippen LogP contribution is -2.40. The normalized spacial score (nSPS) is 9.73. The molecule has 0 saturated heterocycles. The van der Waals surface area contributed by atoms with Crippen molar-refractivity contribution in [2.75, 3.05) is 27.2 Å². The van der Waals surface area contributed by atoms with Gasteiger partial charge >= 0.3 is 0 Å². The average molecular weight is 306 g/mol. The third kappa shape index (κ3) is 5.23. The number of nitrogens with one attached hydrogen (secondary N) is 2. The number of nitrogens with two attached hydrogens (primary N) is 1. The van der Waals surface area contributed by atoms with Crippen LogP contribution >= 0.6 is 0 Å². The van der Waals surface area contributed by atoms with Gasteiger partial charge in [0.05, 0.1) is 13.1 Å². The van der Waals surface area contributed by atoms with Crippen molar-refractivity contribution >= 4 is 23.6 Å². The molecule has 8 heteroatoms. The van der Waals surface area contributed by atoms with Crippen molar-refractivity contribution in [1.29, 1.82) is 0 Å². The molecule has 0 unspecified atom stereocenters. The van der Waals surface area contributed by atoms with Gasteiger partial charge in [0.1, 0.15) is 0 Å². The molecule has 118 valence electrons. The van der Waals surface area contributed by atoms with E-state index in [1.807, 2.05) is 0 Å². The summed E-state index contributed by atoms with van der Waals surface area (Å²) in [6.45, 7) is -0.555. The van der Waals surface area contributed by atoms with Gasteiger partial charge in [-0.3, -0.25) is 19.2 Å². The van der Waals surface area contributed by atoms with Crippen LogP contribution in [0.2, 0.25) is 0 Å². The van der Waals surface area contributed by atoms with Crippen LogP contribution in [0.5, 0.6) is 0 Å². The highest BCUT2D eigenvalue weighted by Crippen LogP contribution is 2.06. The molecule has 1 rings (SSSR count). The summed E-state index contributed by atoms with van der Waals surface area (Å²) >= 11 is 0. The Balaban J connectivity index is 2.54. The molecule has 0 spiro atoms. The van der Waals surface area contributed by atoms with E-state index < -0.39 is 17.7 Å². The monoisotopic (exact) mass is 306 g/mol. The van der Waals surface area contributed by atoms with E-state index in [0.29, 0.717) is 11.1 Å². The molecule has 0 aliphatic rings. The first-order valence-corrected chi connectivity index (χ1v) is 6.46. The summed E-state index contributed by atoms with van der Waals surface area (Å²) in [5.74, 6) is -1.82. The van der Waals surface area contributed by atoms with E-state index in [4.69, 9.17) is 5.73 Å². The van der Waals surface area contributed by atoms with Gasteiger partial charge in [-0.05, 0) is 24.3 Å². The molecule has 0 atom stereocenters. The molecular weight excluding hydrogens is 288 g/mol. The first-order valence-electron chi connectivity index (χ1n) is 6.46. The largest absolute Gasteiger partial charge is 0.368 e.